The summed E-state index contributed by atoms with van der Waals surface area (Å²) in [5, 5.41) is 6.63. The van der Waals surface area contributed by atoms with Crippen molar-refractivity contribution in [2.75, 3.05) is 39.5 Å². The van der Waals surface area contributed by atoms with Gasteiger partial charge in [0.2, 0.25) is 5.88 Å². The van der Waals surface area contributed by atoms with Crippen LogP contribution >= 0.6 is 24.0 Å². The average Bonchev–Trinajstić information content (AvgIpc) is 2.70. The van der Waals surface area contributed by atoms with Gasteiger partial charge in [0.15, 0.2) is 5.96 Å². The second-order valence-electron chi connectivity index (χ2n) is 7.28. The van der Waals surface area contributed by atoms with E-state index >= 15 is 0 Å². The lowest BCUT2D eigenvalue weighted by molar-refractivity contribution is 0.0203. The van der Waals surface area contributed by atoms with Gasteiger partial charge in [-0.05, 0) is 51.5 Å². The first-order valence-electron chi connectivity index (χ1n) is 10.5. The van der Waals surface area contributed by atoms with Crippen molar-refractivity contribution in [1.82, 2.24) is 15.6 Å². The minimum Gasteiger partial charge on any atom is -0.475 e. The van der Waals surface area contributed by atoms with Crippen molar-refractivity contribution in [3.8, 4) is 5.88 Å². The van der Waals surface area contributed by atoms with Gasteiger partial charge in [0.05, 0.1) is 12.6 Å². The zero-order valence-electron chi connectivity index (χ0n) is 18.0. The Morgan fingerprint density at radius 3 is 2.72 bits per heavy atom. The molecule has 0 bridgehead atoms. The Bertz CT molecular complexity index is 564. The third-order valence-electron chi connectivity index (χ3n) is 4.37. The van der Waals surface area contributed by atoms with E-state index in [0.29, 0.717) is 18.3 Å². The first-order valence-corrected chi connectivity index (χ1v) is 10.5. The molecule has 1 aliphatic rings. The van der Waals surface area contributed by atoms with Gasteiger partial charge in [0.1, 0.15) is 0 Å². The smallest absolute Gasteiger partial charge is 0.213 e. The van der Waals surface area contributed by atoms with E-state index in [1.807, 2.05) is 32.2 Å². The Hall–Kier alpha value is -1.13. The van der Waals surface area contributed by atoms with Crippen molar-refractivity contribution in [3.05, 3.63) is 23.9 Å². The molecule has 1 aromatic heterocycles. The Morgan fingerprint density at radius 2 is 2.07 bits per heavy atom. The van der Waals surface area contributed by atoms with Crippen LogP contribution in [0.3, 0.4) is 0 Å². The van der Waals surface area contributed by atoms with Crippen LogP contribution in [0.15, 0.2) is 23.3 Å². The summed E-state index contributed by atoms with van der Waals surface area (Å²) < 4.78 is 16.7. The van der Waals surface area contributed by atoms with Crippen molar-refractivity contribution in [1.29, 1.82) is 0 Å². The van der Waals surface area contributed by atoms with Gasteiger partial charge in [-0.25, -0.2) is 9.98 Å². The molecule has 1 aromatic rings. The van der Waals surface area contributed by atoms with Crippen molar-refractivity contribution in [2.24, 2.45) is 10.9 Å². The molecule has 8 heteroatoms. The fourth-order valence-electron chi connectivity index (χ4n) is 2.87. The first kappa shape index (κ1) is 25.9. The third-order valence-corrected chi connectivity index (χ3v) is 4.37. The van der Waals surface area contributed by atoms with E-state index in [2.05, 4.69) is 27.5 Å². The Morgan fingerprint density at radius 1 is 1.28 bits per heavy atom. The molecule has 2 N–H and O–H groups in total. The highest BCUT2D eigenvalue weighted by Crippen LogP contribution is 2.14. The number of guanidine groups is 1. The number of aromatic nitrogens is 1. The number of rotatable bonds is 11. The van der Waals surface area contributed by atoms with E-state index < -0.39 is 0 Å². The van der Waals surface area contributed by atoms with Gasteiger partial charge in [-0.3, -0.25) is 0 Å². The largest absolute Gasteiger partial charge is 0.475 e. The number of nitrogens with zero attached hydrogens (tertiary/aromatic N) is 2. The Labute approximate surface area is 192 Å². The van der Waals surface area contributed by atoms with Crippen LogP contribution in [-0.4, -0.2) is 56.6 Å². The van der Waals surface area contributed by atoms with Crippen molar-refractivity contribution in [3.63, 3.8) is 0 Å². The molecule has 0 spiro atoms. The molecule has 2 heterocycles. The van der Waals surface area contributed by atoms with E-state index in [9.17, 15) is 0 Å². The molecule has 1 saturated heterocycles. The second kappa shape index (κ2) is 15.7. The van der Waals surface area contributed by atoms with Gasteiger partial charge in [0.25, 0.3) is 0 Å². The summed E-state index contributed by atoms with van der Waals surface area (Å²) in [4.78, 5) is 8.94. The first-order chi connectivity index (χ1) is 13.7. The molecule has 1 aliphatic heterocycles. The van der Waals surface area contributed by atoms with Crippen molar-refractivity contribution in [2.45, 2.75) is 52.7 Å². The second-order valence-corrected chi connectivity index (χ2v) is 7.28. The number of hydrogen-bond acceptors (Lipinski definition) is 5. The minimum absolute atomic E-state index is 0. The van der Waals surface area contributed by atoms with Crippen LogP contribution in [0.5, 0.6) is 5.88 Å². The summed E-state index contributed by atoms with van der Waals surface area (Å²) in [6.45, 7) is 11.6. The fraction of sp³-hybridized carbons (Fsp3) is 0.714. The van der Waals surface area contributed by atoms with Crippen LogP contribution in [0.1, 0.15) is 45.6 Å². The summed E-state index contributed by atoms with van der Waals surface area (Å²) >= 11 is 0. The highest BCUT2D eigenvalue weighted by Gasteiger charge is 2.13. The predicted molar refractivity (Wildman–Crippen MR) is 127 cm³/mol. The fourth-order valence-corrected chi connectivity index (χ4v) is 2.87. The zero-order chi connectivity index (χ0) is 20.0. The molecular formula is C21H37IN4O3. The van der Waals surface area contributed by atoms with Crippen LogP contribution < -0.4 is 15.4 Å². The van der Waals surface area contributed by atoms with E-state index in [1.54, 1.807) is 0 Å². The number of halogens is 1. The molecule has 0 atom stereocenters. The van der Waals surface area contributed by atoms with E-state index in [0.717, 1.165) is 70.3 Å². The highest BCUT2D eigenvalue weighted by atomic mass is 127. The number of aliphatic imine (C=N–C) groups is 1. The van der Waals surface area contributed by atoms with Crippen LogP contribution in [0.25, 0.3) is 0 Å². The summed E-state index contributed by atoms with van der Waals surface area (Å²) in [5.74, 6) is 2.12. The number of ether oxygens (including phenoxy) is 3. The van der Waals surface area contributed by atoms with Gasteiger partial charge in [-0.2, -0.15) is 0 Å². The lowest BCUT2D eigenvalue weighted by Gasteiger charge is -2.21. The van der Waals surface area contributed by atoms with Crippen LogP contribution in [0, 0.1) is 5.92 Å². The van der Waals surface area contributed by atoms with Gasteiger partial charge in [-0.15, -0.1) is 24.0 Å². The topological polar surface area (TPSA) is 77.0 Å². The predicted octanol–water partition coefficient (Wildman–Crippen LogP) is 3.38. The van der Waals surface area contributed by atoms with Crippen LogP contribution in [-0.2, 0) is 16.0 Å². The SMILES string of the molecule is CCNC(=NCc1ccc(OC(C)C)nc1)NCCCOCC1CCOCC1.I. The van der Waals surface area contributed by atoms with Gasteiger partial charge in [-0.1, -0.05) is 6.07 Å². The molecule has 1 fully saturated rings. The lowest BCUT2D eigenvalue weighted by Crippen LogP contribution is -2.38. The molecule has 0 radical (unpaired) electrons. The molecule has 29 heavy (non-hydrogen) atoms. The third kappa shape index (κ3) is 11.6. The van der Waals surface area contributed by atoms with Crippen molar-refractivity contribution < 1.29 is 14.2 Å². The maximum Gasteiger partial charge on any atom is 0.213 e. The van der Waals surface area contributed by atoms with E-state index in [1.165, 1.54) is 0 Å². The van der Waals surface area contributed by atoms with Gasteiger partial charge >= 0.3 is 0 Å². The summed E-state index contributed by atoms with van der Waals surface area (Å²) in [5.41, 5.74) is 1.05. The summed E-state index contributed by atoms with van der Waals surface area (Å²) in [7, 11) is 0. The molecular weight excluding hydrogens is 483 g/mol. The molecule has 7 nitrogen and oxygen atoms in total. The Balaban J connectivity index is 0.00000420. The van der Waals surface area contributed by atoms with E-state index in [4.69, 9.17) is 14.2 Å². The molecule has 0 aromatic carbocycles. The standard InChI is InChI=1S/C21H36N4O3.HI/c1-4-22-21(23-10-5-11-27-16-18-8-12-26-13-9-18)25-15-19-6-7-20(24-14-19)28-17(2)3;/h6-7,14,17-18H,4-5,8-13,15-16H2,1-3H3,(H2,22,23,25);1H. The number of pyridine rings is 1. The van der Waals surface area contributed by atoms with Crippen LogP contribution in [0.2, 0.25) is 0 Å². The molecule has 166 valence electrons. The van der Waals surface area contributed by atoms with Gasteiger partial charge < -0.3 is 24.8 Å². The summed E-state index contributed by atoms with van der Waals surface area (Å²) in [6, 6.07) is 3.89. The quantitative estimate of drug-likeness (QED) is 0.202. The average molecular weight is 520 g/mol. The van der Waals surface area contributed by atoms with Crippen LogP contribution in [0.4, 0.5) is 0 Å². The molecule has 0 amide bonds. The Kier molecular flexibility index (Phi) is 14.0. The molecule has 2 rings (SSSR count). The maximum atomic E-state index is 5.81. The maximum absolute atomic E-state index is 5.81. The minimum atomic E-state index is 0. The number of nitrogens with one attached hydrogen (secondary N) is 2. The molecule has 0 aliphatic carbocycles. The lowest BCUT2D eigenvalue weighted by atomic mass is 10.0. The molecule has 0 unspecified atom stereocenters. The highest BCUT2D eigenvalue weighted by molar-refractivity contribution is 14.0. The summed E-state index contributed by atoms with van der Waals surface area (Å²) in [6.07, 6.45) is 5.14. The van der Waals surface area contributed by atoms with Crippen molar-refractivity contribution >= 4 is 29.9 Å². The normalized spacial score (nSPS) is 15.1. The zero-order valence-corrected chi connectivity index (χ0v) is 20.3. The molecule has 0 saturated carbocycles. The monoisotopic (exact) mass is 520 g/mol. The van der Waals surface area contributed by atoms with E-state index in [-0.39, 0.29) is 30.1 Å². The van der Waals surface area contributed by atoms with Gasteiger partial charge in [0, 0.05) is 51.8 Å². The number of hydrogen-bond donors (Lipinski definition) is 2.